The molecule has 2 unspecified atom stereocenters. The number of hydrogen-bond donors (Lipinski definition) is 0. The van der Waals surface area contributed by atoms with Crippen LogP contribution in [0.25, 0.3) is 0 Å². The summed E-state index contributed by atoms with van der Waals surface area (Å²) in [6.07, 6.45) is 10.6. The van der Waals surface area contributed by atoms with Crippen LogP contribution in [0.15, 0.2) is 12.2 Å². The van der Waals surface area contributed by atoms with Crippen LogP contribution in [0.2, 0.25) is 0 Å². The van der Waals surface area contributed by atoms with E-state index < -0.39 is 0 Å². The molecule has 0 aromatic rings. The predicted molar refractivity (Wildman–Crippen MR) is 71.0 cm³/mol. The van der Waals surface area contributed by atoms with Gasteiger partial charge in [0.15, 0.2) is 0 Å². The van der Waals surface area contributed by atoms with Crippen molar-refractivity contribution in [1.29, 1.82) is 0 Å². The Balaban J connectivity index is 1.87. The van der Waals surface area contributed by atoms with Crippen molar-refractivity contribution in [3.8, 4) is 0 Å². The van der Waals surface area contributed by atoms with Gasteiger partial charge in [-0.15, -0.1) is 0 Å². The van der Waals surface area contributed by atoms with Crippen LogP contribution in [0.1, 0.15) is 59.3 Å². The van der Waals surface area contributed by atoms with E-state index in [9.17, 15) is 4.79 Å². The van der Waals surface area contributed by atoms with E-state index in [4.69, 9.17) is 4.74 Å². The Labute approximate surface area is 110 Å². The summed E-state index contributed by atoms with van der Waals surface area (Å²) in [7, 11) is 0. The van der Waals surface area contributed by atoms with Crippen LogP contribution in [0.3, 0.4) is 0 Å². The number of ether oxygens (including phenoxy) is 1. The first kappa shape index (κ1) is 12.3. The third kappa shape index (κ3) is 1.90. The van der Waals surface area contributed by atoms with Gasteiger partial charge in [0.2, 0.25) is 0 Å². The quantitative estimate of drug-likeness (QED) is 0.548. The Bertz CT molecular complexity index is 391. The van der Waals surface area contributed by atoms with Gasteiger partial charge in [0, 0.05) is 6.08 Å². The highest BCUT2D eigenvalue weighted by molar-refractivity contribution is 5.82. The SMILES string of the molecule is C/C=C/C(=O)OC12CC3C[C@@](C)(C1)C[C@](C)(C3)C2. The summed E-state index contributed by atoms with van der Waals surface area (Å²) >= 11 is 0. The first-order valence-corrected chi connectivity index (χ1v) is 7.22. The Morgan fingerprint density at radius 1 is 1.11 bits per heavy atom. The lowest BCUT2D eigenvalue weighted by molar-refractivity contribution is -0.212. The highest BCUT2D eigenvalue weighted by Gasteiger charge is 2.61. The molecule has 4 rings (SSSR count). The zero-order valence-corrected chi connectivity index (χ0v) is 11.8. The van der Waals surface area contributed by atoms with Crippen molar-refractivity contribution in [2.75, 3.05) is 0 Å². The van der Waals surface area contributed by atoms with Gasteiger partial charge in [-0.05, 0) is 62.2 Å². The minimum absolute atomic E-state index is 0.147. The van der Waals surface area contributed by atoms with E-state index in [-0.39, 0.29) is 11.6 Å². The summed E-state index contributed by atoms with van der Waals surface area (Å²) in [4.78, 5) is 11.8. The molecule has 0 spiro atoms. The van der Waals surface area contributed by atoms with E-state index in [1.807, 2.05) is 6.92 Å². The maximum atomic E-state index is 11.8. The fourth-order valence-electron chi connectivity index (χ4n) is 5.84. The Morgan fingerprint density at radius 2 is 1.72 bits per heavy atom. The monoisotopic (exact) mass is 248 g/mol. The third-order valence-electron chi connectivity index (χ3n) is 5.19. The van der Waals surface area contributed by atoms with Crippen molar-refractivity contribution < 1.29 is 9.53 Å². The molecule has 0 amide bonds. The highest BCUT2D eigenvalue weighted by Crippen LogP contribution is 2.67. The zero-order chi connectivity index (χ0) is 13.0. The van der Waals surface area contributed by atoms with Crippen LogP contribution in [-0.4, -0.2) is 11.6 Å². The molecule has 4 saturated carbocycles. The van der Waals surface area contributed by atoms with Gasteiger partial charge >= 0.3 is 5.97 Å². The van der Waals surface area contributed by atoms with Crippen LogP contribution < -0.4 is 0 Å². The summed E-state index contributed by atoms with van der Waals surface area (Å²) in [6.45, 7) is 6.66. The van der Waals surface area contributed by atoms with Crippen molar-refractivity contribution in [1.82, 2.24) is 0 Å². The van der Waals surface area contributed by atoms with Crippen LogP contribution in [0.4, 0.5) is 0 Å². The molecule has 0 N–H and O–H groups in total. The molecule has 18 heavy (non-hydrogen) atoms. The van der Waals surface area contributed by atoms with Crippen molar-refractivity contribution in [3.05, 3.63) is 12.2 Å². The molecule has 2 nitrogen and oxygen atoms in total. The van der Waals surface area contributed by atoms with E-state index in [1.54, 1.807) is 12.2 Å². The van der Waals surface area contributed by atoms with E-state index >= 15 is 0 Å². The lowest BCUT2D eigenvalue weighted by Crippen LogP contribution is -2.59. The first-order chi connectivity index (χ1) is 8.36. The number of rotatable bonds is 2. The van der Waals surface area contributed by atoms with Crippen molar-refractivity contribution >= 4 is 5.97 Å². The largest absolute Gasteiger partial charge is 0.456 e. The summed E-state index contributed by atoms with van der Waals surface area (Å²) in [5.41, 5.74) is 0.661. The van der Waals surface area contributed by atoms with Gasteiger partial charge in [-0.25, -0.2) is 4.79 Å². The predicted octanol–water partition coefficient (Wildman–Crippen LogP) is 3.85. The molecule has 0 aromatic carbocycles. The molecule has 2 heteroatoms. The number of carbonyl (C=O) groups excluding carboxylic acids is 1. The minimum Gasteiger partial charge on any atom is -0.456 e. The number of esters is 1. The fourth-order valence-corrected chi connectivity index (χ4v) is 5.84. The van der Waals surface area contributed by atoms with Gasteiger partial charge in [0.25, 0.3) is 0 Å². The van der Waals surface area contributed by atoms with E-state index in [1.165, 1.54) is 19.3 Å². The van der Waals surface area contributed by atoms with E-state index in [0.717, 1.165) is 25.2 Å². The second-order valence-corrected chi connectivity index (χ2v) is 7.73. The average Bonchev–Trinajstić information content (AvgIpc) is 2.09. The van der Waals surface area contributed by atoms with Gasteiger partial charge in [0.05, 0.1) is 0 Å². The van der Waals surface area contributed by atoms with Gasteiger partial charge in [-0.1, -0.05) is 19.9 Å². The fraction of sp³-hybridized carbons (Fsp3) is 0.812. The lowest BCUT2D eigenvalue weighted by atomic mass is 9.43. The Kier molecular flexibility index (Phi) is 2.46. The van der Waals surface area contributed by atoms with Gasteiger partial charge in [-0.2, -0.15) is 0 Å². The van der Waals surface area contributed by atoms with Crippen LogP contribution >= 0.6 is 0 Å². The summed E-state index contributed by atoms with van der Waals surface area (Å²) in [5.74, 6) is 0.626. The van der Waals surface area contributed by atoms with Crippen molar-refractivity contribution in [2.24, 2.45) is 16.7 Å². The maximum Gasteiger partial charge on any atom is 0.330 e. The minimum atomic E-state index is -0.153. The molecule has 0 aromatic heterocycles. The summed E-state index contributed by atoms with van der Waals surface area (Å²) < 4.78 is 5.90. The number of hydrogen-bond acceptors (Lipinski definition) is 2. The third-order valence-corrected chi connectivity index (χ3v) is 5.19. The molecule has 100 valence electrons. The highest BCUT2D eigenvalue weighted by atomic mass is 16.6. The maximum absolute atomic E-state index is 11.8. The Hall–Kier alpha value is -0.790. The molecule has 0 saturated heterocycles. The first-order valence-electron chi connectivity index (χ1n) is 7.22. The lowest BCUT2D eigenvalue weighted by Gasteiger charge is -2.64. The van der Waals surface area contributed by atoms with Gasteiger partial charge < -0.3 is 4.74 Å². The van der Waals surface area contributed by atoms with Crippen molar-refractivity contribution in [2.45, 2.75) is 64.9 Å². The second-order valence-electron chi connectivity index (χ2n) is 7.73. The normalized spacial score (nSPS) is 49.8. The van der Waals surface area contributed by atoms with Gasteiger partial charge in [0.1, 0.15) is 5.60 Å². The molecule has 0 heterocycles. The summed E-state index contributed by atoms with van der Waals surface area (Å²) in [5, 5.41) is 0. The molecule has 4 aliphatic carbocycles. The van der Waals surface area contributed by atoms with E-state index in [2.05, 4.69) is 13.8 Å². The summed E-state index contributed by atoms with van der Waals surface area (Å²) in [6, 6.07) is 0. The van der Waals surface area contributed by atoms with Crippen LogP contribution in [0, 0.1) is 16.7 Å². The van der Waals surface area contributed by atoms with Crippen LogP contribution in [-0.2, 0) is 9.53 Å². The molecule has 0 aliphatic heterocycles. The van der Waals surface area contributed by atoms with Crippen molar-refractivity contribution in [3.63, 3.8) is 0 Å². The molecule has 4 atom stereocenters. The van der Waals surface area contributed by atoms with Gasteiger partial charge in [-0.3, -0.25) is 0 Å². The molecular formula is C16H24O2. The second kappa shape index (κ2) is 3.61. The average molecular weight is 248 g/mol. The number of carbonyl (C=O) groups is 1. The number of allylic oxidation sites excluding steroid dienone is 1. The van der Waals surface area contributed by atoms with Crippen LogP contribution in [0.5, 0.6) is 0 Å². The van der Waals surface area contributed by atoms with E-state index in [0.29, 0.717) is 10.8 Å². The topological polar surface area (TPSA) is 26.3 Å². The molecular weight excluding hydrogens is 224 g/mol. The standard InChI is InChI=1S/C16H24O2/c1-4-5-13(17)18-16-8-12-6-14(2,10-16)9-15(3,7-12)11-16/h4-5,12H,6-11H2,1-3H3/b5-4+/t12?,14-,15+,16?. The molecule has 0 radical (unpaired) electrons. The Morgan fingerprint density at radius 3 is 2.22 bits per heavy atom. The molecule has 4 bridgehead atoms. The molecule has 4 aliphatic rings. The smallest absolute Gasteiger partial charge is 0.330 e. The molecule has 4 fully saturated rings. The zero-order valence-electron chi connectivity index (χ0n) is 11.8.